The number of anilines is 2. The van der Waals surface area contributed by atoms with E-state index in [-0.39, 0.29) is 42.9 Å². The maximum Gasteiger partial charge on any atom is 0.416 e. The molecule has 62 heavy (non-hydrogen) atoms. The highest BCUT2D eigenvalue weighted by Gasteiger charge is 2.31. The van der Waals surface area contributed by atoms with Gasteiger partial charge in [0.05, 0.1) is 48.2 Å². The average Bonchev–Trinajstić information content (AvgIpc) is 3.27. The lowest BCUT2D eigenvalue weighted by atomic mass is 9.99. The molecule has 9 nitrogen and oxygen atoms in total. The van der Waals surface area contributed by atoms with Gasteiger partial charge < -0.3 is 20.3 Å². The largest absolute Gasteiger partial charge is 0.416 e. The number of rotatable bonds is 14. The summed E-state index contributed by atoms with van der Waals surface area (Å²) in [5.74, 6) is -2.00. The number of hydrogen-bond acceptors (Lipinski definition) is 6. The number of nitrogens with zero attached hydrogens (tertiary/aromatic N) is 3. The van der Waals surface area contributed by atoms with E-state index < -0.39 is 29.5 Å². The van der Waals surface area contributed by atoms with E-state index in [0.29, 0.717) is 84.0 Å². The Balaban J connectivity index is 0.868. The summed E-state index contributed by atoms with van der Waals surface area (Å²) in [6.07, 6.45) is 2.53. The van der Waals surface area contributed by atoms with Gasteiger partial charge in [-0.1, -0.05) is 54.6 Å². The number of alkyl halides is 3. The van der Waals surface area contributed by atoms with Crippen molar-refractivity contribution >= 4 is 29.1 Å². The van der Waals surface area contributed by atoms with Crippen LogP contribution >= 0.6 is 0 Å². The monoisotopic (exact) mass is 847 g/mol. The first kappa shape index (κ1) is 43.3. The Labute approximate surface area is 355 Å². The van der Waals surface area contributed by atoms with Crippen molar-refractivity contribution in [1.29, 1.82) is 0 Å². The molecule has 3 amide bonds. The molecule has 4 aromatic carbocycles. The Morgan fingerprint density at radius 2 is 1.35 bits per heavy atom. The predicted molar refractivity (Wildman–Crippen MR) is 225 cm³/mol. The van der Waals surface area contributed by atoms with Crippen molar-refractivity contribution in [2.45, 2.75) is 50.8 Å². The van der Waals surface area contributed by atoms with Gasteiger partial charge >= 0.3 is 6.18 Å². The van der Waals surface area contributed by atoms with Gasteiger partial charge in [-0.15, -0.1) is 0 Å². The van der Waals surface area contributed by atoms with Crippen LogP contribution in [0.4, 0.5) is 33.3 Å². The Morgan fingerprint density at radius 3 is 1.94 bits per heavy atom. The number of aromatic nitrogens is 2. The highest BCUT2D eigenvalue weighted by molar-refractivity contribution is 5.96. The molecule has 14 heteroatoms. The highest BCUT2D eigenvalue weighted by atomic mass is 19.4. The van der Waals surface area contributed by atoms with Gasteiger partial charge in [0.2, 0.25) is 11.8 Å². The van der Waals surface area contributed by atoms with E-state index in [0.717, 1.165) is 23.3 Å². The Morgan fingerprint density at radius 1 is 0.710 bits per heavy atom. The molecule has 0 saturated carbocycles. The van der Waals surface area contributed by atoms with Crippen molar-refractivity contribution in [3.63, 3.8) is 0 Å². The zero-order valence-corrected chi connectivity index (χ0v) is 33.4. The van der Waals surface area contributed by atoms with Crippen LogP contribution in [0.25, 0.3) is 22.3 Å². The van der Waals surface area contributed by atoms with Crippen LogP contribution in [0.3, 0.4) is 0 Å². The molecule has 1 fully saturated rings. The SMILES string of the molecule is O=C(CCCc1ccc(-c2cc(C(=O)N3CCOC(c4ccc(NC(=O)CCCc5ccc(-c6ccc(C(F)(F)F)cc6F)cc5)cn4)C3)ccc2F)cc1)Nc1cccnc1. The van der Waals surface area contributed by atoms with Gasteiger partial charge in [-0.2, -0.15) is 13.2 Å². The number of pyridine rings is 2. The Bertz CT molecular complexity index is 2500. The second-order valence-electron chi connectivity index (χ2n) is 14.9. The smallest absolute Gasteiger partial charge is 0.368 e. The van der Waals surface area contributed by atoms with Gasteiger partial charge in [-0.3, -0.25) is 24.4 Å². The van der Waals surface area contributed by atoms with Gasteiger partial charge in [-0.05, 0) is 103 Å². The van der Waals surface area contributed by atoms with Crippen LogP contribution in [0.5, 0.6) is 0 Å². The van der Waals surface area contributed by atoms with E-state index in [1.54, 1.807) is 71.9 Å². The molecule has 0 aliphatic carbocycles. The topological polar surface area (TPSA) is 114 Å². The summed E-state index contributed by atoms with van der Waals surface area (Å²) < 4.78 is 74.2. The van der Waals surface area contributed by atoms with Crippen LogP contribution in [0.1, 0.15) is 64.5 Å². The molecular formula is C48H42F5N5O4. The lowest BCUT2D eigenvalue weighted by Crippen LogP contribution is -2.42. The quantitative estimate of drug-likeness (QED) is 0.106. The molecule has 1 atom stereocenters. The molecule has 2 aromatic heterocycles. The van der Waals surface area contributed by atoms with E-state index in [2.05, 4.69) is 20.6 Å². The van der Waals surface area contributed by atoms with Crippen LogP contribution in [-0.4, -0.2) is 52.3 Å². The number of hydrogen-bond donors (Lipinski definition) is 2. The van der Waals surface area contributed by atoms with Crippen LogP contribution in [0.15, 0.2) is 128 Å². The number of benzene rings is 4. The first-order chi connectivity index (χ1) is 29.9. The standard InChI is InChI=1S/C48H42F5N5O4/c49-41-21-17-35(26-40(41)34-15-11-32(12-16-34)5-1-7-45(59)56-37-6-3-23-54-28-37)47(61)58-24-25-62-44(30-58)43-22-19-38(29-55-43)57-46(60)8-2-4-31-9-13-33(14-10-31)39-20-18-36(27-42(39)50)48(51,52)53/h3,6,9-23,26-29,44H,1-2,4-5,7-8,24-25,30H2,(H,56,59)(H,57,60). The zero-order chi connectivity index (χ0) is 43.6. The predicted octanol–water partition coefficient (Wildman–Crippen LogP) is 10.2. The van der Waals surface area contributed by atoms with Crippen molar-refractivity contribution < 1.29 is 41.1 Å². The lowest BCUT2D eigenvalue weighted by Gasteiger charge is -2.33. The van der Waals surface area contributed by atoms with Gasteiger partial charge in [0.25, 0.3) is 5.91 Å². The summed E-state index contributed by atoms with van der Waals surface area (Å²) in [5.41, 5.74) is 4.32. The van der Waals surface area contributed by atoms with E-state index in [9.17, 15) is 31.9 Å². The Kier molecular flexibility index (Phi) is 13.8. The number of carbonyl (C=O) groups excluding carboxylic acids is 3. The van der Waals surface area contributed by atoms with E-state index in [1.807, 2.05) is 24.3 Å². The first-order valence-electron chi connectivity index (χ1n) is 20.1. The van der Waals surface area contributed by atoms with E-state index in [1.165, 1.54) is 18.3 Å². The minimum Gasteiger partial charge on any atom is -0.368 e. The molecule has 0 spiro atoms. The summed E-state index contributed by atoms with van der Waals surface area (Å²) >= 11 is 0. The van der Waals surface area contributed by atoms with Gasteiger partial charge in [0.1, 0.15) is 17.7 Å². The maximum absolute atomic E-state index is 15.1. The molecular weight excluding hydrogens is 806 g/mol. The second kappa shape index (κ2) is 19.7. The van der Waals surface area contributed by atoms with Gasteiger partial charge in [0, 0.05) is 42.3 Å². The lowest BCUT2D eigenvalue weighted by molar-refractivity contribution is -0.137. The molecule has 318 valence electrons. The maximum atomic E-state index is 15.1. The number of carbonyl (C=O) groups is 3. The molecule has 1 aliphatic rings. The molecule has 0 radical (unpaired) electrons. The third-order valence-corrected chi connectivity index (χ3v) is 10.5. The fraction of sp³-hybridized carbons (Fsp3) is 0.229. The van der Waals surface area contributed by atoms with Crippen LogP contribution < -0.4 is 10.6 Å². The summed E-state index contributed by atoms with van der Waals surface area (Å²) in [7, 11) is 0. The summed E-state index contributed by atoms with van der Waals surface area (Å²) in [6.45, 7) is 0.832. The van der Waals surface area contributed by atoms with Gasteiger partial charge in [0.15, 0.2) is 0 Å². The van der Waals surface area contributed by atoms with Crippen molar-refractivity contribution in [2.75, 3.05) is 30.3 Å². The van der Waals surface area contributed by atoms with E-state index in [4.69, 9.17) is 4.74 Å². The van der Waals surface area contributed by atoms with Gasteiger partial charge in [-0.25, -0.2) is 8.78 Å². The van der Waals surface area contributed by atoms with Crippen molar-refractivity contribution in [2.24, 2.45) is 0 Å². The minimum atomic E-state index is -4.63. The van der Waals surface area contributed by atoms with Crippen molar-refractivity contribution in [3.8, 4) is 22.3 Å². The zero-order valence-electron chi connectivity index (χ0n) is 33.4. The fourth-order valence-corrected chi connectivity index (χ4v) is 7.16. The molecule has 6 aromatic rings. The number of nitrogens with one attached hydrogen (secondary N) is 2. The number of amides is 3. The molecule has 3 heterocycles. The number of ether oxygens (including phenoxy) is 1. The summed E-state index contributed by atoms with van der Waals surface area (Å²) in [6, 6.07) is 27.9. The van der Waals surface area contributed by atoms with Crippen molar-refractivity contribution in [3.05, 3.63) is 167 Å². The summed E-state index contributed by atoms with van der Waals surface area (Å²) in [5, 5.41) is 5.65. The van der Waals surface area contributed by atoms with E-state index >= 15 is 4.39 Å². The number of aryl methyl sites for hydroxylation is 2. The fourth-order valence-electron chi connectivity index (χ4n) is 7.16. The molecule has 1 unspecified atom stereocenters. The molecule has 7 rings (SSSR count). The van der Waals surface area contributed by atoms with Crippen LogP contribution in [0.2, 0.25) is 0 Å². The Hall–Kier alpha value is -6.80. The normalized spacial score (nSPS) is 14.0. The molecule has 1 saturated heterocycles. The third-order valence-electron chi connectivity index (χ3n) is 10.5. The molecule has 0 bridgehead atoms. The van der Waals surface area contributed by atoms with Crippen LogP contribution in [-0.2, 0) is 33.3 Å². The molecule has 2 N–H and O–H groups in total. The number of halogens is 5. The highest BCUT2D eigenvalue weighted by Crippen LogP contribution is 2.33. The number of morpholine rings is 1. The first-order valence-corrected chi connectivity index (χ1v) is 20.1. The second-order valence-corrected chi connectivity index (χ2v) is 14.9. The minimum absolute atomic E-state index is 0.0679. The summed E-state index contributed by atoms with van der Waals surface area (Å²) in [4.78, 5) is 48.8. The van der Waals surface area contributed by atoms with Crippen LogP contribution in [0, 0.1) is 11.6 Å². The third kappa shape index (κ3) is 11.3. The van der Waals surface area contributed by atoms with Crippen molar-refractivity contribution in [1.82, 2.24) is 14.9 Å². The average molecular weight is 848 g/mol. The molecule has 1 aliphatic heterocycles.